The van der Waals surface area contributed by atoms with E-state index in [0.29, 0.717) is 11.6 Å². The molecule has 0 saturated carbocycles. The number of hydrogen-bond donors (Lipinski definition) is 1. The van der Waals surface area contributed by atoms with E-state index in [1.165, 1.54) is 4.88 Å². The second-order valence-corrected chi connectivity index (χ2v) is 6.53. The molecular weight excluding hydrogens is 306 g/mol. The molecule has 112 valence electrons. The number of aliphatic carboxylic acids is 1. The van der Waals surface area contributed by atoms with Crippen molar-refractivity contribution in [2.75, 3.05) is 6.54 Å². The Labute approximate surface area is 133 Å². The lowest BCUT2D eigenvalue weighted by Gasteiger charge is -2.27. The lowest BCUT2D eigenvalue weighted by Crippen LogP contribution is -2.38. The summed E-state index contributed by atoms with van der Waals surface area (Å²) in [5, 5.41) is 11.9. The Hall–Kier alpha value is -1.36. The average Bonchev–Trinajstić information content (AvgIpc) is 2.93. The molecule has 1 aromatic carbocycles. The average molecular weight is 324 g/mol. The van der Waals surface area contributed by atoms with Crippen molar-refractivity contribution < 1.29 is 9.90 Å². The summed E-state index contributed by atoms with van der Waals surface area (Å²) >= 11 is 7.59. The third-order valence-corrected chi connectivity index (χ3v) is 4.49. The molecule has 0 aliphatic rings. The molecule has 2 aromatic rings. The first-order valence-electron chi connectivity index (χ1n) is 6.77. The summed E-state index contributed by atoms with van der Waals surface area (Å²) in [7, 11) is 0. The van der Waals surface area contributed by atoms with Gasteiger partial charge in [0.1, 0.15) is 0 Å². The highest BCUT2D eigenvalue weighted by Gasteiger charge is 2.18. The lowest BCUT2D eigenvalue weighted by molar-refractivity contribution is -0.139. The van der Waals surface area contributed by atoms with Crippen LogP contribution >= 0.6 is 22.9 Å². The zero-order valence-corrected chi connectivity index (χ0v) is 13.4. The van der Waals surface area contributed by atoms with Gasteiger partial charge in [-0.2, -0.15) is 0 Å². The molecule has 0 aliphatic carbocycles. The van der Waals surface area contributed by atoms with E-state index >= 15 is 0 Å². The van der Waals surface area contributed by atoms with Gasteiger partial charge >= 0.3 is 5.97 Å². The minimum absolute atomic E-state index is 0.0369. The number of carbonyl (C=O) groups is 1. The maximum Gasteiger partial charge on any atom is 0.317 e. The third kappa shape index (κ3) is 5.16. The minimum Gasteiger partial charge on any atom is -0.480 e. The smallest absolute Gasteiger partial charge is 0.317 e. The van der Waals surface area contributed by atoms with Crippen molar-refractivity contribution in [1.82, 2.24) is 4.90 Å². The van der Waals surface area contributed by atoms with Gasteiger partial charge in [0, 0.05) is 22.5 Å². The molecule has 1 N–H and O–H groups in total. The van der Waals surface area contributed by atoms with Crippen LogP contribution in [0.5, 0.6) is 0 Å². The van der Waals surface area contributed by atoms with Crippen LogP contribution in [0, 0.1) is 0 Å². The van der Waals surface area contributed by atoms with Crippen LogP contribution in [0.2, 0.25) is 5.02 Å². The van der Waals surface area contributed by atoms with Crippen LogP contribution < -0.4 is 0 Å². The fraction of sp³-hybridized carbons (Fsp3) is 0.312. The number of benzene rings is 1. The summed E-state index contributed by atoms with van der Waals surface area (Å²) in [5.74, 6) is -0.804. The van der Waals surface area contributed by atoms with Crippen LogP contribution in [0.15, 0.2) is 41.8 Å². The number of thiophene rings is 1. The van der Waals surface area contributed by atoms with E-state index in [9.17, 15) is 4.79 Å². The Bertz CT molecular complexity index is 568. The highest BCUT2D eigenvalue weighted by Crippen LogP contribution is 2.17. The first kappa shape index (κ1) is 16.0. The van der Waals surface area contributed by atoms with Crippen LogP contribution in [0.3, 0.4) is 0 Å². The molecule has 1 aromatic heterocycles. The fourth-order valence-electron chi connectivity index (χ4n) is 2.21. The molecule has 5 heteroatoms. The molecule has 0 bridgehead atoms. The molecule has 21 heavy (non-hydrogen) atoms. The Morgan fingerprint density at radius 1 is 1.33 bits per heavy atom. The molecule has 0 saturated heterocycles. The van der Waals surface area contributed by atoms with Gasteiger partial charge in [0.2, 0.25) is 0 Å². The van der Waals surface area contributed by atoms with Gasteiger partial charge in [0.05, 0.1) is 6.54 Å². The predicted octanol–water partition coefficient (Wildman–Crippen LogP) is 3.92. The molecule has 0 fully saturated rings. The third-order valence-electron chi connectivity index (χ3n) is 3.34. The maximum atomic E-state index is 11.1. The second-order valence-electron chi connectivity index (χ2n) is 5.06. The Kier molecular flexibility index (Phi) is 5.79. The molecule has 1 unspecified atom stereocenters. The van der Waals surface area contributed by atoms with Crippen molar-refractivity contribution in [3.05, 3.63) is 57.2 Å². The lowest BCUT2D eigenvalue weighted by atomic mass is 10.1. The fourth-order valence-corrected chi connectivity index (χ4v) is 3.17. The van der Waals surface area contributed by atoms with Crippen molar-refractivity contribution in [2.45, 2.75) is 25.9 Å². The van der Waals surface area contributed by atoms with Crippen molar-refractivity contribution in [3.8, 4) is 0 Å². The van der Waals surface area contributed by atoms with Gasteiger partial charge in [-0.3, -0.25) is 9.69 Å². The number of nitrogens with zero attached hydrogens (tertiary/aromatic N) is 1. The van der Waals surface area contributed by atoms with Gasteiger partial charge in [-0.1, -0.05) is 29.8 Å². The van der Waals surface area contributed by atoms with Crippen LogP contribution in [-0.4, -0.2) is 28.6 Å². The van der Waals surface area contributed by atoms with Crippen molar-refractivity contribution in [2.24, 2.45) is 0 Å². The molecule has 1 atom stereocenters. The highest BCUT2D eigenvalue weighted by molar-refractivity contribution is 7.09. The summed E-state index contributed by atoms with van der Waals surface area (Å²) in [6.45, 7) is 2.71. The van der Waals surface area contributed by atoms with E-state index < -0.39 is 5.97 Å². The Morgan fingerprint density at radius 2 is 2.05 bits per heavy atom. The monoisotopic (exact) mass is 323 g/mol. The topological polar surface area (TPSA) is 40.5 Å². The summed E-state index contributed by atoms with van der Waals surface area (Å²) in [4.78, 5) is 14.4. The van der Waals surface area contributed by atoms with Gasteiger partial charge in [-0.05, 0) is 42.5 Å². The highest BCUT2D eigenvalue weighted by atomic mass is 35.5. The number of halogens is 1. The second kappa shape index (κ2) is 7.59. The van der Waals surface area contributed by atoms with Gasteiger partial charge in [-0.15, -0.1) is 11.3 Å². The maximum absolute atomic E-state index is 11.1. The summed E-state index contributed by atoms with van der Waals surface area (Å²) in [6.07, 6.45) is 0.860. The molecule has 0 aliphatic heterocycles. The number of rotatable bonds is 7. The van der Waals surface area contributed by atoms with Crippen LogP contribution in [0.1, 0.15) is 17.4 Å². The first-order chi connectivity index (χ1) is 10.0. The van der Waals surface area contributed by atoms with E-state index in [1.807, 2.05) is 40.6 Å². The normalized spacial score (nSPS) is 12.5. The van der Waals surface area contributed by atoms with Crippen LogP contribution in [0.25, 0.3) is 0 Å². The molecule has 0 radical (unpaired) electrons. The van der Waals surface area contributed by atoms with Crippen molar-refractivity contribution in [1.29, 1.82) is 0 Å². The first-order valence-corrected chi connectivity index (χ1v) is 8.03. The predicted molar refractivity (Wildman–Crippen MR) is 87.0 cm³/mol. The Morgan fingerprint density at radius 3 is 2.62 bits per heavy atom. The molecule has 3 nitrogen and oxygen atoms in total. The number of carboxylic acids is 1. The van der Waals surface area contributed by atoms with E-state index in [2.05, 4.69) is 13.0 Å². The van der Waals surface area contributed by atoms with Crippen LogP contribution in [-0.2, 0) is 17.8 Å². The van der Waals surface area contributed by atoms with E-state index in [-0.39, 0.29) is 12.6 Å². The van der Waals surface area contributed by atoms with E-state index in [4.69, 9.17) is 16.7 Å². The summed E-state index contributed by atoms with van der Waals surface area (Å²) < 4.78 is 0. The van der Waals surface area contributed by atoms with Crippen molar-refractivity contribution in [3.63, 3.8) is 0 Å². The van der Waals surface area contributed by atoms with Gasteiger partial charge in [0.15, 0.2) is 0 Å². The van der Waals surface area contributed by atoms with E-state index in [0.717, 1.165) is 12.0 Å². The van der Waals surface area contributed by atoms with Gasteiger partial charge in [-0.25, -0.2) is 0 Å². The molecule has 2 rings (SSSR count). The largest absolute Gasteiger partial charge is 0.480 e. The zero-order valence-electron chi connectivity index (χ0n) is 11.8. The number of carboxylic acid groups (broad SMARTS) is 1. The zero-order chi connectivity index (χ0) is 15.2. The number of hydrogen-bond acceptors (Lipinski definition) is 3. The summed E-state index contributed by atoms with van der Waals surface area (Å²) in [5.41, 5.74) is 1.07. The van der Waals surface area contributed by atoms with Crippen molar-refractivity contribution >= 4 is 28.9 Å². The Balaban J connectivity index is 2.05. The van der Waals surface area contributed by atoms with E-state index in [1.54, 1.807) is 11.3 Å². The quantitative estimate of drug-likeness (QED) is 0.839. The minimum atomic E-state index is -0.804. The molecule has 0 amide bonds. The molecule has 0 spiro atoms. The molecule has 1 heterocycles. The summed E-state index contributed by atoms with van der Waals surface area (Å²) in [6, 6.07) is 11.8. The standard InChI is InChI=1S/C16H18ClNO2S/c1-12(9-15-3-2-8-21-15)18(11-16(19)20)10-13-4-6-14(17)7-5-13/h2-8,12H,9-11H2,1H3,(H,19,20). The SMILES string of the molecule is CC(Cc1cccs1)N(CC(=O)O)Cc1ccc(Cl)cc1. The molecular formula is C16H18ClNO2S. The van der Waals surface area contributed by atoms with Gasteiger partial charge in [0.25, 0.3) is 0 Å². The van der Waals surface area contributed by atoms with Gasteiger partial charge < -0.3 is 5.11 Å². The van der Waals surface area contributed by atoms with Crippen LogP contribution in [0.4, 0.5) is 0 Å².